The van der Waals surface area contributed by atoms with Gasteiger partial charge in [-0.15, -0.1) is 0 Å². The minimum absolute atomic E-state index is 0.0759. The number of nitrogens with zero attached hydrogens (tertiary/aromatic N) is 2. The van der Waals surface area contributed by atoms with Gasteiger partial charge in [-0.05, 0) is 31.5 Å². The number of carbonyl (C=O) groups excluding carboxylic acids is 1. The van der Waals surface area contributed by atoms with E-state index in [1.165, 1.54) is 6.92 Å². The van der Waals surface area contributed by atoms with Crippen LogP contribution >= 0.6 is 0 Å². The van der Waals surface area contributed by atoms with Gasteiger partial charge >= 0.3 is 0 Å². The molecule has 1 aromatic heterocycles. The van der Waals surface area contributed by atoms with Crippen LogP contribution in [0.1, 0.15) is 31.4 Å². The van der Waals surface area contributed by atoms with E-state index in [0.29, 0.717) is 5.92 Å². The molecule has 5 nitrogen and oxygen atoms in total. The first kappa shape index (κ1) is 14.7. The molecule has 0 spiro atoms. The van der Waals surface area contributed by atoms with E-state index >= 15 is 0 Å². The van der Waals surface area contributed by atoms with Crippen molar-refractivity contribution in [1.82, 2.24) is 15.3 Å². The third kappa shape index (κ3) is 3.31. The molecule has 2 N–H and O–H groups in total. The fourth-order valence-electron chi connectivity index (χ4n) is 2.90. The molecule has 1 atom stereocenters. The van der Waals surface area contributed by atoms with E-state index in [0.717, 1.165) is 48.6 Å². The number of benzene rings is 1. The Bertz CT molecular complexity index is 665. The molecule has 0 aliphatic carbocycles. The lowest BCUT2D eigenvalue weighted by molar-refractivity contribution is -0.114. The number of aromatic nitrogens is 2. The molecule has 3 rings (SSSR count). The molecule has 1 amide bonds. The SMILES string of the molecule is CC(=O)Nc1cccc(-c2nccnc2C2CCCNC2)c1. The van der Waals surface area contributed by atoms with E-state index < -0.39 is 0 Å². The summed E-state index contributed by atoms with van der Waals surface area (Å²) in [6, 6.07) is 7.77. The average Bonchev–Trinajstić information content (AvgIpc) is 2.55. The Balaban J connectivity index is 1.96. The summed E-state index contributed by atoms with van der Waals surface area (Å²) in [7, 11) is 0. The summed E-state index contributed by atoms with van der Waals surface area (Å²) in [5.41, 5.74) is 3.71. The second-order valence-electron chi connectivity index (χ2n) is 5.60. The smallest absolute Gasteiger partial charge is 0.221 e. The molecule has 1 aromatic carbocycles. The van der Waals surface area contributed by atoms with Gasteiger partial charge in [0.25, 0.3) is 0 Å². The topological polar surface area (TPSA) is 66.9 Å². The summed E-state index contributed by atoms with van der Waals surface area (Å²) in [4.78, 5) is 20.3. The summed E-state index contributed by atoms with van der Waals surface area (Å²) in [5, 5.41) is 6.24. The number of amides is 1. The highest BCUT2D eigenvalue weighted by atomic mass is 16.1. The molecule has 1 aliphatic rings. The average molecular weight is 296 g/mol. The second kappa shape index (κ2) is 6.66. The molecule has 5 heteroatoms. The maximum atomic E-state index is 11.2. The van der Waals surface area contributed by atoms with Crippen LogP contribution in [0.3, 0.4) is 0 Å². The monoisotopic (exact) mass is 296 g/mol. The van der Waals surface area contributed by atoms with Gasteiger partial charge in [-0.2, -0.15) is 0 Å². The zero-order valence-electron chi connectivity index (χ0n) is 12.7. The summed E-state index contributed by atoms with van der Waals surface area (Å²) < 4.78 is 0. The highest BCUT2D eigenvalue weighted by molar-refractivity contribution is 5.89. The van der Waals surface area contributed by atoms with Gasteiger partial charge in [0.05, 0.1) is 11.4 Å². The second-order valence-corrected chi connectivity index (χ2v) is 5.60. The Morgan fingerprint density at radius 2 is 2.18 bits per heavy atom. The van der Waals surface area contributed by atoms with Crippen LogP contribution in [0.5, 0.6) is 0 Å². The molecule has 1 unspecified atom stereocenters. The van der Waals surface area contributed by atoms with Gasteiger partial charge < -0.3 is 10.6 Å². The van der Waals surface area contributed by atoms with Crippen LogP contribution in [0, 0.1) is 0 Å². The number of hydrogen-bond donors (Lipinski definition) is 2. The van der Waals surface area contributed by atoms with E-state index in [-0.39, 0.29) is 5.91 Å². The predicted octanol–water partition coefficient (Wildman–Crippen LogP) is 2.57. The summed E-state index contributed by atoms with van der Waals surface area (Å²) in [6.45, 7) is 3.52. The first-order chi connectivity index (χ1) is 10.7. The number of nitrogens with one attached hydrogen (secondary N) is 2. The Morgan fingerprint density at radius 1 is 1.32 bits per heavy atom. The van der Waals surface area contributed by atoms with Gasteiger partial charge in [0.2, 0.25) is 5.91 Å². The maximum absolute atomic E-state index is 11.2. The van der Waals surface area contributed by atoms with E-state index in [4.69, 9.17) is 0 Å². The van der Waals surface area contributed by atoms with E-state index in [1.807, 2.05) is 24.3 Å². The quantitative estimate of drug-likeness (QED) is 0.913. The van der Waals surface area contributed by atoms with Crippen molar-refractivity contribution in [3.63, 3.8) is 0 Å². The largest absolute Gasteiger partial charge is 0.326 e. The number of carbonyl (C=O) groups is 1. The lowest BCUT2D eigenvalue weighted by atomic mass is 9.92. The normalized spacial score (nSPS) is 18.0. The molecule has 1 fully saturated rings. The van der Waals surface area contributed by atoms with Crippen LogP contribution in [-0.2, 0) is 4.79 Å². The first-order valence-electron chi connectivity index (χ1n) is 7.63. The highest BCUT2D eigenvalue weighted by Crippen LogP contribution is 2.30. The summed E-state index contributed by atoms with van der Waals surface area (Å²) >= 11 is 0. The number of hydrogen-bond acceptors (Lipinski definition) is 4. The van der Waals surface area contributed by atoms with Crippen molar-refractivity contribution in [2.45, 2.75) is 25.7 Å². The fourth-order valence-corrected chi connectivity index (χ4v) is 2.90. The van der Waals surface area contributed by atoms with Crippen LogP contribution < -0.4 is 10.6 Å². The van der Waals surface area contributed by atoms with Crippen molar-refractivity contribution >= 4 is 11.6 Å². The van der Waals surface area contributed by atoms with Crippen molar-refractivity contribution in [3.8, 4) is 11.3 Å². The van der Waals surface area contributed by atoms with Crippen LogP contribution in [0.25, 0.3) is 11.3 Å². The molecule has 2 aromatic rings. The van der Waals surface area contributed by atoms with Crippen LogP contribution in [0.2, 0.25) is 0 Å². The molecule has 0 saturated carbocycles. The van der Waals surface area contributed by atoms with Crippen molar-refractivity contribution in [3.05, 3.63) is 42.4 Å². The Hall–Kier alpha value is -2.27. The maximum Gasteiger partial charge on any atom is 0.221 e. The van der Waals surface area contributed by atoms with Crippen LogP contribution in [-0.4, -0.2) is 29.0 Å². The molecular formula is C17H20N4O. The van der Waals surface area contributed by atoms with Gasteiger partial charge in [0.1, 0.15) is 0 Å². The van der Waals surface area contributed by atoms with Gasteiger partial charge in [0, 0.05) is 43.0 Å². The van der Waals surface area contributed by atoms with Gasteiger partial charge in [0.15, 0.2) is 0 Å². The minimum Gasteiger partial charge on any atom is -0.326 e. The highest BCUT2D eigenvalue weighted by Gasteiger charge is 2.21. The van der Waals surface area contributed by atoms with E-state index in [9.17, 15) is 4.79 Å². The van der Waals surface area contributed by atoms with Crippen molar-refractivity contribution < 1.29 is 4.79 Å². The first-order valence-corrected chi connectivity index (χ1v) is 7.63. The molecular weight excluding hydrogens is 276 g/mol. The molecule has 1 saturated heterocycles. The van der Waals surface area contributed by atoms with Gasteiger partial charge in [-0.1, -0.05) is 12.1 Å². The van der Waals surface area contributed by atoms with E-state index in [2.05, 4.69) is 20.6 Å². The Kier molecular flexibility index (Phi) is 4.44. The number of rotatable bonds is 3. The van der Waals surface area contributed by atoms with Gasteiger partial charge in [-0.3, -0.25) is 14.8 Å². The Morgan fingerprint density at radius 3 is 2.95 bits per heavy atom. The van der Waals surface area contributed by atoms with Crippen molar-refractivity contribution in [2.75, 3.05) is 18.4 Å². The molecule has 22 heavy (non-hydrogen) atoms. The van der Waals surface area contributed by atoms with Crippen molar-refractivity contribution in [1.29, 1.82) is 0 Å². The van der Waals surface area contributed by atoms with Gasteiger partial charge in [-0.25, -0.2) is 0 Å². The summed E-state index contributed by atoms with van der Waals surface area (Å²) in [6.07, 6.45) is 5.77. The van der Waals surface area contributed by atoms with E-state index in [1.54, 1.807) is 12.4 Å². The third-order valence-electron chi connectivity index (χ3n) is 3.87. The number of anilines is 1. The third-order valence-corrected chi connectivity index (χ3v) is 3.87. The Labute approximate surface area is 130 Å². The predicted molar refractivity (Wildman–Crippen MR) is 86.6 cm³/mol. The van der Waals surface area contributed by atoms with Crippen molar-refractivity contribution in [2.24, 2.45) is 0 Å². The molecule has 2 heterocycles. The standard InChI is InChI=1S/C17H20N4O/c1-12(22)21-15-6-2-4-13(10-15)16-17(20-9-8-19-16)14-5-3-7-18-11-14/h2,4,6,8-10,14,18H,3,5,7,11H2,1H3,(H,21,22). The fraction of sp³-hybridized carbons (Fsp3) is 0.353. The summed E-state index contributed by atoms with van der Waals surface area (Å²) in [5.74, 6) is 0.315. The zero-order valence-corrected chi connectivity index (χ0v) is 12.7. The molecule has 114 valence electrons. The molecule has 1 aliphatic heterocycles. The molecule has 0 bridgehead atoms. The lowest BCUT2D eigenvalue weighted by Gasteiger charge is -2.23. The lowest BCUT2D eigenvalue weighted by Crippen LogP contribution is -2.29. The van der Waals surface area contributed by atoms with Crippen LogP contribution in [0.4, 0.5) is 5.69 Å². The number of piperidine rings is 1. The molecule has 0 radical (unpaired) electrons. The minimum atomic E-state index is -0.0759. The van der Waals surface area contributed by atoms with Crippen LogP contribution in [0.15, 0.2) is 36.7 Å². The zero-order chi connectivity index (χ0) is 15.4.